The summed E-state index contributed by atoms with van der Waals surface area (Å²) in [5.74, 6) is 0. The molecule has 0 fully saturated rings. The van der Waals surface area contributed by atoms with Crippen molar-refractivity contribution in [3.05, 3.63) is 83.4 Å². The van der Waals surface area contributed by atoms with Crippen LogP contribution in [0.15, 0.2) is 66.7 Å². The van der Waals surface area contributed by atoms with Crippen LogP contribution in [0.5, 0.6) is 0 Å². The summed E-state index contributed by atoms with van der Waals surface area (Å²) in [7, 11) is -4.00. The molecule has 27 heavy (non-hydrogen) atoms. The third-order valence-corrected chi connectivity index (χ3v) is 12.6. The first kappa shape index (κ1) is 20.1. The highest BCUT2D eigenvalue weighted by atomic mass is 35.6. The van der Waals surface area contributed by atoms with Crippen molar-refractivity contribution in [3.63, 3.8) is 0 Å². The highest BCUT2D eigenvalue weighted by Gasteiger charge is 2.38. The summed E-state index contributed by atoms with van der Waals surface area (Å²) in [6.07, 6.45) is 0. The third-order valence-electron chi connectivity index (χ3n) is 5.24. The SMILES string of the molecule is Cc1ccc([Si](Cl)(c2ccc(C)cc2)c2cc(C)cc([Si](C)(C)C)c2)cc1. The average molecular weight is 409 g/mol. The topological polar surface area (TPSA) is 0 Å². The molecule has 3 aromatic carbocycles. The quantitative estimate of drug-likeness (QED) is 0.341. The Morgan fingerprint density at radius 3 is 1.33 bits per heavy atom. The van der Waals surface area contributed by atoms with Crippen molar-refractivity contribution in [2.75, 3.05) is 0 Å². The maximum atomic E-state index is 7.67. The molecule has 0 radical (unpaired) electrons. The van der Waals surface area contributed by atoms with Gasteiger partial charge in [0.1, 0.15) is 0 Å². The maximum Gasteiger partial charge on any atom is 0.247 e. The van der Waals surface area contributed by atoms with Gasteiger partial charge in [-0.05, 0) is 36.3 Å². The van der Waals surface area contributed by atoms with Crippen LogP contribution in [-0.4, -0.2) is 15.5 Å². The molecule has 0 spiro atoms. The lowest BCUT2D eigenvalue weighted by Gasteiger charge is -2.29. The molecule has 3 aromatic rings. The van der Waals surface area contributed by atoms with Gasteiger partial charge in [-0.25, -0.2) is 0 Å². The molecular weight excluding hydrogens is 380 g/mol. The van der Waals surface area contributed by atoms with Gasteiger partial charge in [0.15, 0.2) is 0 Å². The van der Waals surface area contributed by atoms with Gasteiger partial charge in [0, 0.05) is 0 Å². The van der Waals surface area contributed by atoms with Crippen LogP contribution in [0.25, 0.3) is 0 Å². The van der Waals surface area contributed by atoms with E-state index in [9.17, 15) is 0 Å². The first-order valence-corrected chi connectivity index (χ1v) is 16.1. The number of hydrogen-bond acceptors (Lipinski definition) is 0. The molecule has 0 amide bonds. The summed E-state index contributed by atoms with van der Waals surface area (Å²) in [5.41, 5.74) is 3.84. The molecule has 3 heteroatoms. The summed E-state index contributed by atoms with van der Waals surface area (Å²) in [6.45, 7) is 13.7. The van der Waals surface area contributed by atoms with Gasteiger partial charge in [-0.2, -0.15) is 0 Å². The van der Waals surface area contributed by atoms with E-state index in [1.54, 1.807) is 0 Å². The standard InChI is InChI=1S/C24H29ClSi2/c1-18-7-11-21(12-8-18)27(25,22-13-9-19(2)10-14-22)24-16-20(3)15-23(17-24)26(4,5)6/h7-17H,1-6H3. The Morgan fingerprint density at radius 2 is 0.926 bits per heavy atom. The van der Waals surface area contributed by atoms with Crippen molar-refractivity contribution in [3.8, 4) is 0 Å². The van der Waals surface area contributed by atoms with Gasteiger partial charge in [-0.15, -0.1) is 11.1 Å². The molecule has 0 aliphatic carbocycles. The normalized spacial score (nSPS) is 12.3. The Hall–Kier alpha value is -1.62. The van der Waals surface area contributed by atoms with Gasteiger partial charge in [-0.3, -0.25) is 0 Å². The van der Waals surface area contributed by atoms with Crippen LogP contribution in [0.4, 0.5) is 0 Å². The van der Waals surface area contributed by atoms with E-state index in [2.05, 4.69) is 107 Å². The van der Waals surface area contributed by atoms with Crippen LogP contribution in [0.3, 0.4) is 0 Å². The van der Waals surface area contributed by atoms with Gasteiger partial charge in [0.2, 0.25) is 7.38 Å². The lowest BCUT2D eigenvalue weighted by molar-refractivity contribution is 1.48. The van der Waals surface area contributed by atoms with Crippen LogP contribution in [0, 0.1) is 20.8 Å². The largest absolute Gasteiger partial charge is 0.247 e. The molecule has 0 bridgehead atoms. The summed E-state index contributed by atoms with van der Waals surface area (Å²) in [4.78, 5) is 0. The molecule has 3 rings (SSSR count). The van der Waals surface area contributed by atoms with E-state index in [1.807, 2.05) is 0 Å². The molecule has 0 aliphatic rings. The van der Waals surface area contributed by atoms with Crippen LogP contribution in [0.2, 0.25) is 19.6 Å². The maximum absolute atomic E-state index is 7.67. The zero-order valence-corrected chi connectivity index (χ0v) is 20.0. The van der Waals surface area contributed by atoms with E-state index >= 15 is 0 Å². The minimum atomic E-state index is -2.57. The second-order valence-electron chi connectivity index (χ2n) is 8.73. The average Bonchev–Trinajstić information content (AvgIpc) is 2.61. The number of aryl methyl sites for hydroxylation is 3. The van der Waals surface area contributed by atoms with Crippen molar-refractivity contribution in [1.82, 2.24) is 0 Å². The van der Waals surface area contributed by atoms with Gasteiger partial charge >= 0.3 is 0 Å². The van der Waals surface area contributed by atoms with Crippen molar-refractivity contribution in [2.45, 2.75) is 40.4 Å². The van der Waals surface area contributed by atoms with Crippen molar-refractivity contribution < 1.29 is 0 Å². The zero-order chi connectivity index (χ0) is 19.8. The summed E-state index contributed by atoms with van der Waals surface area (Å²) in [6, 6.07) is 24.7. The van der Waals surface area contributed by atoms with Crippen molar-refractivity contribution in [1.29, 1.82) is 0 Å². The molecule has 0 saturated heterocycles. The highest BCUT2D eigenvalue weighted by Crippen LogP contribution is 2.15. The van der Waals surface area contributed by atoms with Crippen LogP contribution in [-0.2, 0) is 0 Å². The monoisotopic (exact) mass is 408 g/mol. The Morgan fingerprint density at radius 1 is 0.519 bits per heavy atom. The molecule has 0 saturated carbocycles. The molecule has 0 unspecified atom stereocenters. The number of halogens is 1. The van der Waals surface area contributed by atoms with Gasteiger partial charge in [0.25, 0.3) is 0 Å². The fourth-order valence-corrected chi connectivity index (χ4v) is 8.99. The van der Waals surface area contributed by atoms with Gasteiger partial charge in [-0.1, -0.05) is 108 Å². The van der Waals surface area contributed by atoms with Crippen molar-refractivity contribution >= 4 is 47.3 Å². The fraction of sp³-hybridized carbons (Fsp3) is 0.250. The van der Waals surface area contributed by atoms with E-state index in [0.717, 1.165) is 0 Å². The van der Waals surface area contributed by atoms with E-state index < -0.39 is 15.5 Å². The second-order valence-corrected chi connectivity index (χ2v) is 18.6. The van der Waals surface area contributed by atoms with E-state index in [0.29, 0.717) is 0 Å². The van der Waals surface area contributed by atoms with Crippen LogP contribution >= 0.6 is 11.1 Å². The van der Waals surface area contributed by atoms with Gasteiger partial charge < -0.3 is 0 Å². The second kappa shape index (κ2) is 7.42. The summed E-state index contributed by atoms with van der Waals surface area (Å²) in [5, 5.41) is 5.29. The Labute approximate surface area is 171 Å². The molecule has 0 heterocycles. The molecular formula is C24H29ClSi2. The van der Waals surface area contributed by atoms with E-state index in [-0.39, 0.29) is 0 Å². The van der Waals surface area contributed by atoms with E-state index in [4.69, 9.17) is 11.1 Å². The molecule has 0 aliphatic heterocycles. The third kappa shape index (κ3) is 4.13. The molecule has 0 nitrogen and oxygen atoms in total. The zero-order valence-electron chi connectivity index (χ0n) is 17.2. The Balaban J connectivity index is 2.29. The first-order chi connectivity index (χ1) is 12.6. The predicted molar refractivity (Wildman–Crippen MR) is 127 cm³/mol. The summed E-state index contributed by atoms with van der Waals surface area (Å²) >= 11 is 7.67. The molecule has 0 aromatic heterocycles. The minimum absolute atomic E-state index is 1.26. The first-order valence-electron chi connectivity index (χ1n) is 9.56. The fourth-order valence-electron chi connectivity index (χ4n) is 3.48. The molecule has 0 atom stereocenters. The van der Waals surface area contributed by atoms with Gasteiger partial charge in [0.05, 0.1) is 8.07 Å². The lowest BCUT2D eigenvalue weighted by atomic mass is 10.2. The molecule has 0 N–H and O–H groups in total. The lowest BCUT2D eigenvalue weighted by Crippen LogP contribution is -2.63. The van der Waals surface area contributed by atoms with Crippen LogP contribution < -0.4 is 20.7 Å². The van der Waals surface area contributed by atoms with Crippen molar-refractivity contribution in [2.24, 2.45) is 0 Å². The number of rotatable bonds is 4. The highest BCUT2D eigenvalue weighted by molar-refractivity contribution is 7.40. The minimum Gasteiger partial charge on any atom is -0.149 e. The number of benzene rings is 3. The number of hydrogen-bond donors (Lipinski definition) is 0. The smallest absolute Gasteiger partial charge is 0.149 e. The van der Waals surface area contributed by atoms with Crippen LogP contribution in [0.1, 0.15) is 16.7 Å². The summed E-state index contributed by atoms with van der Waals surface area (Å²) < 4.78 is 0. The molecule has 140 valence electrons. The predicted octanol–water partition coefficient (Wildman–Crippen LogP) is 4.36. The Kier molecular flexibility index (Phi) is 5.53. The Bertz CT molecular complexity index is 890. The van der Waals surface area contributed by atoms with E-state index in [1.165, 1.54) is 37.4 Å².